The van der Waals surface area contributed by atoms with Crippen molar-refractivity contribution in [1.82, 2.24) is 10.6 Å². The van der Waals surface area contributed by atoms with E-state index in [9.17, 15) is 4.79 Å². The second kappa shape index (κ2) is 6.03. The average molecular weight is 344 g/mol. The molecule has 0 saturated heterocycles. The van der Waals surface area contributed by atoms with Crippen LogP contribution in [0.4, 0.5) is 0 Å². The molecule has 2 N–H and O–H groups in total. The molecule has 0 spiro atoms. The van der Waals surface area contributed by atoms with Crippen LogP contribution in [0.25, 0.3) is 0 Å². The van der Waals surface area contributed by atoms with E-state index in [2.05, 4.69) is 10.6 Å². The molecule has 1 aromatic carbocycles. The van der Waals surface area contributed by atoms with Crippen molar-refractivity contribution in [3.63, 3.8) is 0 Å². The second-order valence-electron chi connectivity index (χ2n) is 7.83. The molecule has 0 unspecified atom stereocenters. The molecular weight excluding hydrogens is 320 g/mol. The van der Waals surface area contributed by atoms with Gasteiger partial charge in [-0.2, -0.15) is 0 Å². The highest BCUT2D eigenvalue weighted by Crippen LogP contribution is 2.55. The van der Waals surface area contributed by atoms with E-state index in [4.69, 9.17) is 17.0 Å². The molecule has 1 amide bonds. The van der Waals surface area contributed by atoms with Crippen LogP contribution in [0.15, 0.2) is 24.3 Å². The topological polar surface area (TPSA) is 50.4 Å². The lowest BCUT2D eigenvalue weighted by Crippen LogP contribution is -2.61. The lowest BCUT2D eigenvalue weighted by Gasteiger charge is -2.57. The fourth-order valence-electron chi connectivity index (χ4n) is 5.45. The maximum atomic E-state index is 12.4. The number of benzene rings is 1. The van der Waals surface area contributed by atoms with Crippen LogP contribution >= 0.6 is 12.2 Å². The molecule has 0 aromatic heterocycles. The molecule has 0 aliphatic heterocycles. The van der Waals surface area contributed by atoms with Crippen molar-refractivity contribution in [3.05, 3.63) is 29.8 Å². The number of nitrogens with one attached hydrogen (secondary N) is 2. The molecule has 0 atom stereocenters. The zero-order valence-corrected chi connectivity index (χ0v) is 14.8. The van der Waals surface area contributed by atoms with Crippen LogP contribution in [0.5, 0.6) is 5.75 Å². The first kappa shape index (κ1) is 15.9. The summed E-state index contributed by atoms with van der Waals surface area (Å²) in [5, 5.41) is 6.84. The third-order valence-corrected chi connectivity index (χ3v) is 6.20. The Bertz CT molecular complexity index is 621. The molecule has 24 heavy (non-hydrogen) atoms. The van der Waals surface area contributed by atoms with Gasteiger partial charge in [0.2, 0.25) is 0 Å². The number of methoxy groups -OCH3 is 1. The molecule has 4 bridgehead atoms. The minimum atomic E-state index is -0.167. The van der Waals surface area contributed by atoms with Crippen molar-refractivity contribution < 1.29 is 9.53 Å². The number of ether oxygens (including phenoxy) is 1. The zero-order chi connectivity index (χ0) is 16.7. The summed E-state index contributed by atoms with van der Waals surface area (Å²) in [6, 6.07) is 7.07. The van der Waals surface area contributed by atoms with Crippen LogP contribution in [-0.4, -0.2) is 23.7 Å². The monoisotopic (exact) mass is 344 g/mol. The fraction of sp³-hybridized carbons (Fsp3) is 0.579. The largest absolute Gasteiger partial charge is 0.497 e. The van der Waals surface area contributed by atoms with Crippen molar-refractivity contribution in [2.75, 3.05) is 7.11 Å². The molecule has 1 aromatic rings. The predicted molar refractivity (Wildman–Crippen MR) is 97.1 cm³/mol. The van der Waals surface area contributed by atoms with Gasteiger partial charge in [-0.05, 0) is 92.8 Å². The van der Waals surface area contributed by atoms with Gasteiger partial charge >= 0.3 is 0 Å². The van der Waals surface area contributed by atoms with Crippen LogP contribution in [0.2, 0.25) is 0 Å². The first-order valence-electron chi connectivity index (χ1n) is 8.83. The summed E-state index contributed by atoms with van der Waals surface area (Å²) in [7, 11) is 1.61. The second-order valence-corrected chi connectivity index (χ2v) is 8.24. The van der Waals surface area contributed by atoms with Crippen LogP contribution < -0.4 is 15.4 Å². The van der Waals surface area contributed by atoms with Gasteiger partial charge in [0.15, 0.2) is 5.11 Å². The Hall–Kier alpha value is -1.62. The minimum Gasteiger partial charge on any atom is -0.497 e. The first-order valence-corrected chi connectivity index (χ1v) is 9.24. The summed E-state index contributed by atoms with van der Waals surface area (Å²) in [5.41, 5.74) is 0.712. The lowest BCUT2D eigenvalue weighted by atomic mass is 9.53. The quantitative estimate of drug-likeness (QED) is 0.827. The predicted octanol–water partition coefficient (Wildman–Crippen LogP) is 3.27. The molecule has 5 heteroatoms. The molecule has 128 valence electrons. The van der Waals surface area contributed by atoms with Crippen molar-refractivity contribution in [2.45, 2.75) is 44.1 Å². The van der Waals surface area contributed by atoms with Gasteiger partial charge in [-0.1, -0.05) is 0 Å². The average Bonchev–Trinajstić information content (AvgIpc) is 2.53. The Labute approximate surface area is 148 Å². The van der Waals surface area contributed by atoms with Crippen LogP contribution in [0, 0.1) is 17.8 Å². The van der Waals surface area contributed by atoms with Gasteiger partial charge in [0.05, 0.1) is 7.11 Å². The summed E-state index contributed by atoms with van der Waals surface area (Å²) in [4.78, 5) is 12.4. The number of rotatable bonds is 3. The number of thiocarbonyl (C=S) groups is 1. The molecule has 4 aliphatic carbocycles. The van der Waals surface area contributed by atoms with Crippen molar-refractivity contribution >= 4 is 23.2 Å². The first-order chi connectivity index (χ1) is 11.5. The molecule has 4 nitrogen and oxygen atoms in total. The Balaban J connectivity index is 1.38. The van der Waals surface area contributed by atoms with E-state index >= 15 is 0 Å². The zero-order valence-electron chi connectivity index (χ0n) is 14.0. The summed E-state index contributed by atoms with van der Waals surface area (Å²) < 4.78 is 5.12. The molecule has 0 heterocycles. The molecule has 0 radical (unpaired) electrons. The van der Waals surface area contributed by atoms with Crippen molar-refractivity contribution in [3.8, 4) is 5.75 Å². The minimum absolute atomic E-state index is 0.124. The maximum absolute atomic E-state index is 12.4. The Morgan fingerprint density at radius 3 is 2.12 bits per heavy atom. The third kappa shape index (κ3) is 3.02. The molecular formula is C19H24N2O2S. The van der Waals surface area contributed by atoms with Gasteiger partial charge in [0, 0.05) is 11.1 Å². The number of carbonyl (C=O) groups excluding carboxylic acids is 1. The van der Waals surface area contributed by atoms with Crippen molar-refractivity contribution in [1.29, 1.82) is 0 Å². The highest BCUT2D eigenvalue weighted by molar-refractivity contribution is 7.80. The van der Waals surface area contributed by atoms with Gasteiger partial charge in [0.25, 0.3) is 5.91 Å². The van der Waals surface area contributed by atoms with Crippen molar-refractivity contribution in [2.24, 2.45) is 17.8 Å². The van der Waals surface area contributed by atoms with E-state index in [1.54, 1.807) is 31.4 Å². The standard InChI is InChI=1S/C19H24N2O2S/c1-23-16-4-2-15(3-5-16)17(22)20-18(24)21-19-9-12-6-13(10-19)8-14(7-12)11-19/h2-5,12-14H,6-11H2,1H3,(H2,20,21,22,24). The Morgan fingerprint density at radius 2 is 1.62 bits per heavy atom. The maximum Gasteiger partial charge on any atom is 0.257 e. The van der Waals surface area contributed by atoms with E-state index in [-0.39, 0.29) is 11.4 Å². The normalized spacial score (nSPS) is 33.1. The summed E-state index contributed by atoms with van der Waals surface area (Å²) >= 11 is 5.45. The Kier molecular flexibility index (Phi) is 3.99. The van der Waals surface area contributed by atoms with Crippen LogP contribution in [-0.2, 0) is 0 Å². The van der Waals surface area contributed by atoms with E-state index in [1.165, 1.54) is 38.5 Å². The third-order valence-electron chi connectivity index (χ3n) is 6.00. The summed E-state index contributed by atoms with van der Waals surface area (Å²) in [6.07, 6.45) is 7.80. The molecule has 5 rings (SSSR count). The smallest absolute Gasteiger partial charge is 0.257 e. The van der Waals surface area contributed by atoms with Gasteiger partial charge in [-0.3, -0.25) is 10.1 Å². The molecule has 4 aliphatic rings. The SMILES string of the molecule is COc1ccc(C(=O)NC(=S)NC23CC4CC(CC(C4)C2)C3)cc1. The number of hydrogen-bond acceptors (Lipinski definition) is 3. The van der Waals surface area contributed by atoms with E-state index < -0.39 is 0 Å². The Morgan fingerprint density at radius 1 is 1.08 bits per heavy atom. The number of amides is 1. The van der Waals surface area contributed by atoms with E-state index in [0.717, 1.165) is 23.5 Å². The van der Waals surface area contributed by atoms with Gasteiger partial charge in [-0.25, -0.2) is 0 Å². The van der Waals surface area contributed by atoms with E-state index in [1.807, 2.05) is 0 Å². The van der Waals surface area contributed by atoms with Crippen LogP contribution in [0.3, 0.4) is 0 Å². The fourth-order valence-corrected chi connectivity index (χ4v) is 5.76. The number of hydrogen-bond donors (Lipinski definition) is 2. The van der Waals surface area contributed by atoms with E-state index in [0.29, 0.717) is 10.7 Å². The van der Waals surface area contributed by atoms with Gasteiger partial charge in [-0.15, -0.1) is 0 Å². The summed E-state index contributed by atoms with van der Waals surface area (Å²) in [6.45, 7) is 0. The molecule has 4 fully saturated rings. The van der Waals surface area contributed by atoms with Gasteiger partial charge < -0.3 is 10.1 Å². The van der Waals surface area contributed by atoms with Crippen LogP contribution in [0.1, 0.15) is 48.9 Å². The van der Waals surface area contributed by atoms with Gasteiger partial charge in [0.1, 0.15) is 5.75 Å². The number of carbonyl (C=O) groups is 1. The summed E-state index contributed by atoms with van der Waals surface area (Å²) in [5.74, 6) is 3.12. The molecule has 4 saturated carbocycles. The highest BCUT2D eigenvalue weighted by Gasteiger charge is 2.51. The lowest BCUT2D eigenvalue weighted by molar-refractivity contribution is -0.0101. The highest BCUT2D eigenvalue weighted by atomic mass is 32.1.